The van der Waals surface area contributed by atoms with E-state index in [-0.39, 0.29) is 0 Å². The van der Waals surface area contributed by atoms with Gasteiger partial charge in [0.2, 0.25) is 0 Å². The van der Waals surface area contributed by atoms with Crippen molar-refractivity contribution in [2.45, 2.75) is 26.3 Å². The molecule has 0 unspecified atom stereocenters. The summed E-state index contributed by atoms with van der Waals surface area (Å²) in [5.41, 5.74) is 2.56. The van der Waals surface area contributed by atoms with Crippen molar-refractivity contribution in [1.29, 1.82) is 0 Å². The summed E-state index contributed by atoms with van der Waals surface area (Å²) in [6.45, 7) is 2.75. The number of anilines is 2. The van der Waals surface area contributed by atoms with Gasteiger partial charge in [0, 0.05) is 24.1 Å². The lowest BCUT2D eigenvalue weighted by atomic mass is 10.3. The Kier molecular flexibility index (Phi) is 4.43. The van der Waals surface area contributed by atoms with E-state index in [1.165, 1.54) is 0 Å². The number of hydrazine groups is 1. The fourth-order valence-corrected chi connectivity index (χ4v) is 2.06. The maximum absolute atomic E-state index is 5.40. The van der Waals surface area contributed by atoms with Gasteiger partial charge in [0.05, 0.1) is 6.54 Å². The van der Waals surface area contributed by atoms with Crippen LogP contribution >= 0.6 is 11.3 Å². The molecule has 0 spiro atoms. The van der Waals surface area contributed by atoms with Gasteiger partial charge in [0.1, 0.15) is 22.5 Å². The standard InChI is InChI=1S/C11H16N6S/c1-2-3-8-15-9(6-10(16-8)17-12)14-7-11-13-4-5-18-11/h4-6H,2-3,7,12H2,1H3,(H2,14,15,16,17). The van der Waals surface area contributed by atoms with Crippen molar-refractivity contribution in [2.75, 3.05) is 10.7 Å². The normalized spacial score (nSPS) is 10.3. The number of rotatable bonds is 6. The second-order valence-electron chi connectivity index (χ2n) is 3.73. The highest BCUT2D eigenvalue weighted by molar-refractivity contribution is 7.09. The highest BCUT2D eigenvalue weighted by Crippen LogP contribution is 2.13. The van der Waals surface area contributed by atoms with Gasteiger partial charge in [0.25, 0.3) is 0 Å². The van der Waals surface area contributed by atoms with Crippen LogP contribution in [0.1, 0.15) is 24.2 Å². The van der Waals surface area contributed by atoms with Crippen molar-refractivity contribution in [1.82, 2.24) is 15.0 Å². The van der Waals surface area contributed by atoms with Crippen LogP contribution in [0, 0.1) is 0 Å². The van der Waals surface area contributed by atoms with Gasteiger partial charge >= 0.3 is 0 Å². The molecule has 18 heavy (non-hydrogen) atoms. The smallest absolute Gasteiger partial charge is 0.145 e. The molecule has 0 fully saturated rings. The third kappa shape index (κ3) is 3.38. The lowest BCUT2D eigenvalue weighted by Crippen LogP contribution is -2.12. The molecule has 0 saturated heterocycles. The molecule has 7 heteroatoms. The molecule has 0 saturated carbocycles. The molecule has 0 aromatic carbocycles. The van der Waals surface area contributed by atoms with Crippen molar-refractivity contribution >= 4 is 23.0 Å². The SMILES string of the molecule is CCCc1nc(NN)cc(NCc2nccs2)n1. The lowest BCUT2D eigenvalue weighted by molar-refractivity contribution is 0.834. The lowest BCUT2D eigenvalue weighted by Gasteiger charge is -2.08. The number of thiazole rings is 1. The van der Waals surface area contributed by atoms with E-state index in [2.05, 4.69) is 32.6 Å². The van der Waals surface area contributed by atoms with Crippen LogP contribution in [-0.4, -0.2) is 15.0 Å². The van der Waals surface area contributed by atoms with Crippen molar-refractivity contribution in [3.05, 3.63) is 28.5 Å². The highest BCUT2D eigenvalue weighted by Gasteiger charge is 2.04. The van der Waals surface area contributed by atoms with E-state index in [1.54, 1.807) is 23.6 Å². The number of hydrogen-bond acceptors (Lipinski definition) is 7. The van der Waals surface area contributed by atoms with Gasteiger partial charge in [-0.25, -0.2) is 20.8 Å². The molecule has 0 radical (unpaired) electrons. The van der Waals surface area contributed by atoms with Crippen LogP contribution in [0.25, 0.3) is 0 Å². The largest absolute Gasteiger partial charge is 0.363 e. The second kappa shape index (κ2) is 6.27. The Morgan fingerprint density at radius 1 is 1.33 bits per heavy atom. The third-order valence-corrected chi connectivity index (χ3v) is 3.08. The zero-order chi connectivity index (χ0) is 12.8. The van der Waals surface area contributed by atoms with Gasteiger partial charge in [0.15, 0.2) is 0 Å². The molecule has 0 aliphatic carbocycles. The molecular weight excluding hydrogens is 248 g/mol. The monoisotopic (exact) mass is 264 g/mol. The summed E-state index contributed by atoms with van der Waals surface area (Å²) in [5, 5.41) is 6.19. The van der Waals surface area contributed by atoms with Crippen LogP contribution in [0.15, 0.2) is 17.6 Å². The van der Waals surface area contributed by atoms with E-state index in [9.17, 15) is 0 Å². The second-order valence-corrected chi connectivity index (χ2v) is 4.71. The van der Waals surface area contributed by atoms with Gasteiger partial charge in [-0.1, -0.05) is 6.92 Å². The predicted octanol–water partition coefficient (Wildman–Crippen LogP) is 1.78. The number of nitrogens with zero attached hydrogens (tertiary/aromatic N) is 3. The number of aryl methyl sites for hydroxylation is 1. The molecule has 0 bridgehead atoms. The van der Waals surface area contributed by atoms with Crippen LogP contribution < -0.4 is 16.6 Å². The van der Waals surface area contributed by atoms with Crippen LogP contribution in [0.2, 0.25) is 0 Å². The van der Waals surface area contributed by atoms with Gasteiger partial charge < -0.3 is 10.7 Å². The summed E-state index contributed by atoms with van der Waals surface area (Å²) in [4.78, 5) is 12.9. The van der Waals surface area contributed by atoms with Crippen molar-refractivity contribution < 1.29 is 0 Å². The minimum Gasteiger partial charge on any atom is -0.363 e. The quantitative estimate of drug-likeness (QED) is 0.544. The van der Waals surface area contributed by atoms with Crippen LogP contribution in [-0.2, 0) is 13.0 Å². The van der Waals surface area contributed by atoms with Crippen LogP contribution in [0.5, 0.6) is 0 Å². The molecule has 96 valence electrons. The Hall–Kier alpha value is -1.73. The van der Waals surface area contributed by atoms with Gasteiger partial charge in [-0.3, -0.25) is 0 Å². The fraction of sp³-hybridized carbons (Fsp3) is 0.364. The fourth-order valence-electron chi connectivity index (χ4n) is 1.50. The molecule has 0 amide bonds. The first kappa shape index (κ1) is 12.7. The third-order valence-electron chi connectivity index (χ3n) is 2.30. The zero-order valence-electron chi connectivity index (χ0n) is 10.2. The molecule has 0 aliphatic heterocycles. The van der Waals surface area contributed by atoms with E-state index in [1.807, 2.05) is 5.38 Å². The molecule has 2 rings (SSSR count). The summed E-state index contributed by atoms with van der Waals surface area (Å²) < 4.78 is 0. The summed E-state index contributed by atoms with van der Waals surface area (Å²) in [5.74, 6) is 7.56. The summed E-state index contributed by atoms with van der Waals surface area (Å²) in [7, 11) is 0. The topological polar surface area (TPSA) is 88.8 Å². The van der Waals surface area contributed by atoms with E-state index >= 15 is 0 Å². The maximum atomic E-state index is 5.40. The van der Waals surface area contributed by atoms with E-state index in [0.29, 0.717) is 12.4 Å². The Labute approximate surface area is 110 Å². The minimum absolute atomic E-state index is 0.620. The van der Waals surface area contributed by atoms with Crippen LogP contribution in [0.3, 0.4) is 0 Å². The zero-order valence-corrected chi connectivity index (χ0v) is 11.0. The molecular formula is C11H16N6S. The van der Waals surface area contributed by atoms with Crippen molar-refractivity contribution in [3.8, 4) is 0 Å². The number of nitrogen functional groups attached to an aromatic ring is 1. The molecule has 2 heterocycles. The molecule has 0 atom stereocenters. The predicted molar refractivity (Wildman–Crippen MR) is 73.3 cm³/mol. The summed E-state index contributed by atoms with van der Waals surface area (Å²) >= 11 is 1.61. The molecule has 0 aliphatic rings. The number of hydrogen-bond donors (Lipinski definition) is 3. The first-order chi connectivity index (χ1) is 8.81. The minimum atomic E-state index is 0.620. The highest BCUT2D eigenvalue weighted by atomic mass is 32.1. The maximum Gasteiger partial charge on any atom is 0.145 e. The first-order valence-electron chi connectivity index (χ1n) is 5.78. The average molecular weight is 264 g/mol. The molecule has 4 N–H and O–H groups in total. The van der Waals surface area contributed by atoms with Gasteiger partial charge in [-0.2, -0.15) is 0 Å². The molecule has 6 nitrogen and oxygen atoms in total. The van der Waals surface area contributed by atoms with E-state index in [0.717, 1.165) is 29.5 Å². The van der Waals surface area contributed by atoms with Gasteiger partial charge in [-0.15, -0.1) is 11.3 Å². The number of nitrogens with one attached hydrogen (secondary N) is 2. The Balaban J connectivity index is 2.08. The summed E-state index contributed by atoms with van der Waals surface area (Å²) in [6, 6.07) is 1.78. The molecule has 2 aromatic rings. The average Bonchev–Trinajstić information content (AvgIpc) is 2.89. The first-order valence-corrected chi connectivity index (χ1v) is 6.66. The van der Waals surface area contributed by atoms with Crippen molar-refractivity contribution in [2.24, 2.45) is 5.84 Å². The van der Waals surface area contributed by atoms with Crippen LogP contribution in [0.4, 0.5) is 11.6 Å². The number of nitrogens with two attached hydrogens (primary N) is 1. The Bertz CT molecular complexity index is 484. The van der Waals surface area contributed by atoms with Crippen molar-refractivity contribution in [3.63, 3.8) is 0 Å². The Morgan fingerprint density at radius 3 is 2.83 bits per heavy atom. The van der Waals surface area contributed by atoms with E-state index in [4.69, 9.17) is 5.84 Å². The van der Waals surface area contributed by atoms with E-state index < -0.39 is 0 Å². The van der Waals surface area contributed by atoms with Gasteiger partial charge in [-0.05, 0) is 6.42 Å². The Morgan fingerprint density at radius 2 is 2.17 bits per heavy atom. The number of aromatic nitrogens is 3. The summed E-state index contributed by atoms with van der Waals surface area (Å²) in [6.07, 6.45) is 3.62. The molecule has 2 aromatic heterocycles.